The predicted octanol–water partition coefficient (Wildman–Crippen LogP) is 1.50. The summed E-state index contributed by atoms with van der Waals surface area (Å²) in [5.74, 6) is 0.585. The third-order valence-corrected chi connectivity index (χ3v) is 8.18. The zero-order valence-electron chi connectivity index (χ0n) is 20.4. The molecule has 0 amide bonds. The Balaban J connectivity index is 1.33. The fraction of sp³-hybridized carbons (Fsp3) is 0.360. The Kier molecular flexibility index (Phi) is 5.27. The van der Waals surface area contributed by atoms with Gasteiger partial charge < -0.3 is 20.4 Å². The maximum Gasteiger partial charge on any atom is 0.333 e. The maximum atomic E-state index is 11.3. The molecule has 2 fully saturated rings. The number of nitrogens with zero attached hydrogens (tertiary/aromatic N) is 4. The molecule has 5 N–H and O–H groups in total. The number of hydrogen-bond acceptors (Lipinski definition) is 9. The van der Waals surface area contributed by atoms with Crippen LogP contribution in [0.25, 0.3) is 27.7 Å². The lowest BCUT2D eigenvalue weighted by Gasteiger charge is -2.23. The number of fused-ring (bicyclic) bond motifs is 3. The molecule has 4 aromatic rings. The van der Waals surface area contributed by atoms with Gasteiger partial charge in [-0.25, -0.2) is 10.1 Å². The van der Waals surface area contributed by atoms with Crippen LogP contribution in [0.3, 0.4) is 0 Å². The molecular weight excluding hydrogens is 496 g/mol. The lowest BCUT2D eigenvalue weighted by atomic mass is 10.0. The number of nitrogens with one attached hydrogen (secondary N) is 1. The Morgan fingerprint density at radius 1 is 1.22 bits per heavy atom. The van der Waals surface area contributed by atoms with Crippen molar-refractivity contribution < 1.29 is 22.8 Å². The molecule has 12 heteroatoms. The fourth-order valence-electron chi connectivity index (χ4n) is 5.79. The van der Waals surface area contributed by atoms with E-state index in [1.807, 2.05) is 38.4 Å². The molecule has 2 heterocycles. The number of hydrogen-bond donors (Lipinski definition) is 4. The first kappa shape index (κ1) is 24.1. The van der Waals surface area contributed by atoms with Crippen molar-refractivity contribution in [2.45, 2.75) is 30.6 Å². The topological polar surface area (TPSA) is 155 Å². The highest BCUT2D eigenvalue weighted by molar-refractivity contribution is 7.84. The first-order valence-corrected chi connectivity index (χ1v) is 13.4. The zero-order chi connectivity index (χ0) is 26.2. The standard InChI is InChI=1S/C25H28N6O5S/c1-30(2)20-8-7-16(15-5-3-4-6-17(15)20)18-11-22-27-10-9-21(31(22)29-18)28-19-12-24(14-36-37(26,34)35)13-25(24,33)23(19)32/h3-11,19,23,28,32-33H,12-14H2,1-2H3,(H2,26,34,35)/t19-,23?,24+,25+/m1/s1. The summed E-state index contributed by atoms with van der Waals surface area (Å²) in [5, 5.41) is 37.0. The van der Waals surface area contributed by atoms with Crippen LogP contribution in [-0.4, -0.2) is 71.7 Å². The number of rotatable bonds is 7. The molecule has 6 rings (SSSR count). The van der Waals surface area contributed by atoms with Crippen LogP contribution in [0.1, 0.15) is 12.8 Å². The summed E-state index contributed by atoms with van der Waals surface area (Å²) in [6.07, 6.45) is 1.06. The number of anilines is 2. The van der Waals surface area contributed by atoms with Gasteiger partial charge in [-0.3, -0.25) is 4.18 Å². The van der Waals surface area contributed by atoms with Gasteiger partial charge in [0.2, 0.25) is 0 Å². The summed E-state index contributed by atoms with van der Waals surface area (Å²) in [6.45, 7) is -0.286. The summed E-state index contributed by atoms with van der Waals surface area (Å²) in [6, 6.07) is 15.4. The van der Waals surface area contributed by atoms with Crippen LogP contribution in [0.5, 0.6) is 0 Å². The first-order chi connectivity index (χ1) is 17.5. The van der Waals surface area contributed by atoms with Gasteiger partial charge >= 0.3 is 10.3 Å². The highest BCUT2D eigenvalue weighted by Crippen LogP contribution is 2.67. The van der Waals surface area contributed by atoms with Gasteiger partial charge in [0.25, 0.3) is 0 Å². The number of benzene rings is 2. The minimum Gasteiger partial charge on any atom is -0.388 e. The first-order valence-electron chi connectivity index (χ1n) is 11.9. The van der Waals surface area contributed by atoms with Gasteiger partial charge in [0.15, 0.2) is 5.65 Å². The largest absolute Gasteiger partial charge is 0.388 e. The van der Waals surface area contributed by atoms with Crippen LogP contribution < -0.4 is 15.4 Å². The molecule has 1 unspecified atom stereocenters. The van der Waals surface area contributed by atoms with Crippen molar-refractivity contribution in [2.24, 2.45) is 10.6 Å². The third-order valence-electron chi connectivity index (χ3n) is 7.73. The SMILES string of the molecule is CN(C)c1ccc(-c2cc3nccc(N[C@@H]4C[C@@]5(COS(N)(=O)=O)C[C@]5(O)C4O)n3n2)c2ccccc12. The summed E-state index contributed by atoms with van der Waals surface area (Å²) in [5.41, 5.74) is 1.11. The van der Waals surface area contributed by atoms with E-state index in [1.54, 1.807) is 16.8 Å². The van der Waals surface area contributed by atoms with Gasteiger partial charge in [-0.1, -0.05) is 30.3 Å². The van der Waals surface area contributed by atoms with E-state index in [0.717, 1.165) is 27.7 Å². The highest BCUT2D eigenvalue weighted by atomic mass is 32.2. The lowest BCUT2D eigenvalue weighted by molar-refractivity contribution is -0.00934. The molecule has 2 aromatic heterocycles. The Labute approximate surface area is 213 Å². The van der Waals surface area contributed by atoms with Crippen LogP contribution in [-0.2, 0) is 14.5 Å². The van der Waals surface area contributed by atoms with E-state index >= 15 is 0 Å². The normalized spacial score (nSPS) is 26.9. The van der Waals surface area contributed by atoms with Gasteiger partial charge in [0.1, 0.15) is 17.5 Å². The molecule has 4 atom stereocenters. The Bertz CT molecular complexity index is 1640. The lowest BCUT2D eigenvalue weighted by Crippen LogP contribution is -2.39. The minimum absolute atomic E-state index is 0.239. The maximum absolute atomic E-state index is 11.3. The van der Waals surface area contributed by atoms with Crippen molar-refractivity contribution in [3.8, 4) is 11.3 Å². The summed E-state index contributed by atoms with van der Waals surface area (Å²) in [7, 11) is -0.135. The summed E-state index contributed by atoms with van der Waals surface area (Å²) >= 11 is 0. The van der Waals surface area contributed by atoms with E-state index in [9.17, 15) is 18.6 Å². The Morgan fingerprint density at radius 3 is 2.70 bits per heavy atom. The molecule has 0 spiro atoms. The molecule has 2 aliphatic rings. The van der Waals surface area contributed by atoms with E-state index in [1.165, 1.54) is 0 Å². The second-order valence-electron chi connectivity index (χ2n) is 10.2. The molecule has 37 heavy (non-hydrogen) atoms. The number of aliphatic hydroxyl groups is 2. The average molecular weight is 525 g/mol. The highest BCUT2D eigenvalue weighted by Gasteiger charge is 2.77. The van der Waals surface area contributed by atoms with Gasteiger partial charge in [-0.2, -0.15) is 18.0 Å². The van der Waals surface area contributed by atoms with Crippen molar-refractivity contribution in [1.82, 2.24) is 14.6 Å². The number of aromatic nitrogens is 3. The fourth-order valence-corrected chi connectivity index (χ4v) is 6.18. The van der Waals surface area contributed by atoms with E-state index in [4.69, 9.17) is 14.4 Å². The third kappa shape index (κ3) is 3.83. The molecule has 194 valence electrons. The van der Waals surface area contributed by atoms with E-state index in [2.05, 4.69) is 33.4 Å². The Hall–Kier alpha value is -3.29. The zero-order valence-corrected chi connectivity index (χ0v) is 21.2. The van der Waals surface area contributed by atoms with E-state index in [0.29, 0.717) is 17.9 Å². The molecule has 2 aromatic carbocycles. The molecule has 0 saturated heterocycles. The average Bonchev–Trinajstić information content (AvgIpc) is 3.13. The van der Waals surface area contributed by atoms with Crippen molar-refractivity contribution in [3.63, 3.8) is 0 Å². The van der Waals surface area contributed by atoms with Crippen molar-refractivity contribution in [3.05, 3.63) is 54.7 Å². The molecule has 2 saturated carbocycles. The molecule has 11 nitrogen and oxygen atoms in total. The predicted molar refractivity (Wildman–Crippen MR) is 139 cm³/mol. The van der Waals surface area contributed by atoms with Gasteiger partial charge in [0, 0.05) is 48.4 Å². The quantitative estimate of drug-likeness (QED) is 0.281. The van der Waals surface area contributed by atoms with Crippen molar-refractivity contribution in [2.75, 3.05) is 30.9 Å². The van der Waals surface area contributed by atoms with Gasteiger partial charge in [-0.15, -0.1) is 0 Å². The molecule has 2 aliphatic carbocycles. The van der Waals surface area contributed by atoms with Crippen molar-refractivity contribution >= 4 is 38.2 Å². The van der Waals surface area contributed by atoms with E-state index < -0.39 is 33.5 Å². The second-order valence-corrected chi connectivity index (χ2v) is 11.5. The second kappa shape index (κ2) is 8.10. The van der Waals surface area contributed by atoms with Crippen LogP contribution in [0, 0.1) is 5.41 Å². The number of aliphatic hydroxyl groups excluding tert-OH is 1. The van der Waals surface area contributed by atoms with Crippen LogP contribution in [0.4, 0.5) is 11.5 Å². The van der Waals surface area contributed by atoms with Crippen LogP contribution in [0.2, 0.25) is 0 Å². The van der Waals surface area contributed by atoms with Gasteiger partial charge in [-0.05, 0) is 30.4 Å². The van der Waals surface area contributed by atoms with Crippen LogP contribution >= 0.6 is 0 Å². The minimum atomic E-state index is -4.16. The summed E-state index contributed by atoms with van der Waals surface area (Å²) in [4.78, 5) is 6.53. The van der Waals surface area contributed by atoms with Gasteiger partial charge in [0.05, 0.1) is 18.3 Å². The monoisotopic (exact) mass is 524 g/mol. The van der Waals surface area contributed by atoms with E-state index in [-0.39, 0.29) is 13.0 Å². The molecule has 0 radical (unpaired) electrons. The number of nitrogens with two attached hydrogens (primary N) is 1. The smallest absolute Gasteiger partial charge is 0.333 e. The Morgan fingerprint density at radius 2 is 1.97 bits per heavy atom. The van der Waals surface area contributed by atoms with Crippen LogP contribution in [0.15, 0.2) is 54.7 Å². The molecule has 0 aliphatic heterocycles. The molecule has 0 bridgehead atoms. The molecular formula is C25H28N6O5S. The summed E-state index contributed by atoms with van der Waals surface area (Å²) < 4.78 is 29.0. The van der Waals surface area contributed by atoms with Crippen molar-refractivity contribution in [1.29, 1.82) is 0 Å².